The fourth-order valence-corrected chi connectivity index (χ4v) is 2.41. The quantitative estimate of drug-likeness (QED) is 0.464. The van der Waals surface area contributed by atoms with E-state index < -0.39 is 12.1 Å². The first-order valence-corrected chi connectivity index (χ1v) is 7.58. The van der Waals surface area contributed by atoms with E-state index in [1.54, 1.807) is 44.4 Å². The van der Waals surface area contributed by atoms with E-state index in [1.165, 1.54) is 17.4 Å². The molecule has 0 spiro atoms. The number of hydrogen-bond acceptors (Lipinski definition) is 5. The van der Waals surface area contributed by atoms with E-state index in [-0.39, 0.29) is 5.78 Å². The number of thiophene rings is 1. The highest BCUT2D eigenvalue weighted by atomic mass is 32.1. The molecule has 0 radical (unpaired) electrons. The standard InChI is InChI=1S/C17H16O4S/c1-12(17(19)13-5-7-14(20-2)8-6-13)21-16(18)10-9-15-4-3-11-22-15/h3-12H,1-2H3/b10-9+/t12-/m1/s1. The fourth-order valence-electron chi connectivity index (χ4n) is 1.79. The molecule has 0 saturated heterocycles. The van der Waals surface area contributed by atoms with Crippen LogP contribution in [0.1, 0.15) is 22.2 Å². The number of ketones is 1. The summed E-state index contributed by atoms with van der Waals surface area (Å²) in [5.41, 5.74) is 0.475. The number of ether oxygens (including phenoxy) is 2. The molecule has 0 N–H and O–H groups in total. The van der Waals surface area contributed by atoms with Crippen molar-refractivity contribution < 1.29 is 19.1 Å². The zero-order valence-electron chi connectivity index (χ0n) is 12.3. The predicted molar refractivity (Wildman–Crippen MR) is 86.2 cm³/mol. The zero-order chi connectivity index (χ0) is 15.9. The van der Waals surface area contributed by atoms with Gasteiger partial charge in [0.2, 0.25) is 5.78 Å². The van der Waals surface area contributed by atoms with Crippen molar-refractivity contribution >= 4 is 29.2 Å². The summed E-state index contributed by atoms with van der Waals surface area (Å²) in [6.45, 7) is 1.56. The average Bonchev–Trinajstić information content (AvgIpc) is 3.05. The minimum Gasteiger partial charge on any atom is -0.497 e. The highest BCUT2D eigenvalue weighted by Crippen LogP contribution is 2.14. The van der Waals surface area contributed by atoms with Gasteiger partial charge in [-0.3, -0.25) is 4.79 Å². The summed E-state index contributed by atoms with van der Waals surface area (Å²) in [6.07, 6.45) is 2.15. The van der Waals surface area contributed by atoms with E-state index in [0.29, 0.717) is 11.3 Å². The Bertz CT molecular complexity index is 656. The molecule has 1 aromatic heterocycles. The Morgan fingerprint density at radius 2 is 1.91 bits per heavy atom. The van der Waals surface area contributed by atoms with Gasteiger partial charge in [0.05, 0.1) is 7.11 Å². The number of hydrogen-bond donors (Lipinski definition) is 0. The fraction of sp³-hybridized carbons (Fsp3) is 0.176. The minimum absolute atomic E-state index is 0.250. The lowest BCUT2D eigenvalue weighted by molar-refractivity contribution is -0.140. The molecule has 1 heterocycles. The molecule has 0 unspecified atom stereocenters. The Labute approximate surface area is 133 Å². The number of carbonyl (C=O) groups is 2. The summed E-state index contributed by atoms with van der Waals surface area (Å²) in [5.74, 6) is -0.122. The maximum absolute atomic E-state index is 12.2. The van der Waals surface area contributed by atoms with Crippen LogP contribution >= 0.6 is 11.3 Å². The monoisotopic (exact) mass is 316 g/mol. The van der Waals surface area contributed by atoms with Crippen molar-refractivity contribution in [2.45, 2.75) is 13.0 Å². The van der Waals surface area contributed by atoms with Crippen molar-refractivity contribution in [1.82, 2.24) is 0 Å². The van der Waals surface area contributed by atoms with Crippen LogP contribution in [-0.2, 0) is 9.53 Å². The molecule has 2 aromatic rings. The molecule has 114 valence electrons. The van der Waals surface area contributed by atoms with Crippen LogP contribution in [-0.4, -0.2) is 25.0 Å². The summed E-state index contributed by atoms with van der Waals surface area (Å²) < 4.78 is 10.2. The summed E-state index contributed by atoms with van der Waals surface area (Å²) in [7, 11) is 1.56. The SMILES string of the molecule is COc1ccc(C(=O)[C@@H](C)OC(=O)/C=C/c2cccs2)cc1. The largest absolute Gasteiger partial charge is 0.497 e. The molecule has 0 amide bonds. The molecule has 5 heteroatoms. The van der Waals surface area contributed by atoms with Crippen molar-refractivity contribution in [2.24, 2.45) is 0 Å². The molecule has 22 heavy (non-hydrogen) atoms. The van der Waals surface area contributed by atoms with Crippen molar-refractivity contribution in [3.05, 3.63) is 58.3 Å². The van der Waals surface area contributed by atoms with Gasteiger partial charge in [0.25, 0.3) is 0 Å². The van der Waals surface area contributed by atoms with Crippen molar-refractivity contribution in [1.29, 1.82) is 0 Å². The topological polar surface area (TPSA) is 52.6 Å². The van der Waals surface area contributed by atoms with E-state index >= 15 is 0 Å². The summed E-state index contributed by atoms with van der Waals surface area (Å²) >= 11 is 1.52. The first kappa shape index (κ1) is 16.0. The summed E-state index contributed by atoms with van der Waals surface area (Å²) in [5, 5.41) is 1.92. The lowest BCUT2D eigenvalue weighted by Crippen LogP contribution is -2.23. The first-order chi connectivity index (χ1) is 10.6. The van der Waals surface area contributed by atoms with Gasteiger partial charge in [0, 0.05) is 16.5 Å². The maximum Gasteiger partial charge on any atom is 0.331 e. The first-order valence-electron chi connectivity index (χ1n) is 6.70. The minimum atomic E-state index is -0.839. The molecule has 0 saturated carbocycles. The number of methoxy groups -OCH3 is 1. The van der Waals surface area contributed by atoms with Crippen LogP contribution in [0, 0.1) is 0 Å². The third-order valence-corrected chi connectivity index (χ3v) is 3.80. The molecule has 0 fully saturated rings. The summed E-state index contributed by atoms with van der Waals surface area (Å²) in [6, 6.07) is 10.5. The second-order valence-electron chi connectivity index (χ2n) is 4.52. The van der Waals surface area contributed by atoms with Crippen molar-refractivity contribution in [3.8, 4) is 5.75 Å². The summed E-state index contributed by atoms with van der Waals surface area (Å²) in [4.78, 5) is 24.8. The lowest BCUT2D eigenvalue weighted by Gasteiger charge is -2.11. The zero-order valence-corrected chi connectivity index (χ0v) is 13.1. The van der Waals surface area contributed by atoms with E-state index in [4.69, 9.17) is 9.47 Å². The lowest BCUT2D eigenvalue weighted by atomic mass is 10.1. The van der Waals surface area contributed by atoms with Crippen LogP contribution in [0.3, 0.4) is 0 Å². The Hall–Kier alpha value is -2.40. The second kappa shape index (κ2) is 7.56. The van der Waals surface area contributed by atoms with E-state index in [2.05, 4.69) is 0 Å². The molecule has 0 bridgehead atoms. The van der Waals surface area contributed by atoms with Crippen LogP contribution < -0.4 is 4.74 Å². The van der Waals surface area contributed by atoms with Gasteiger partial charge in [0.1, 0.15) is 5.75 Å². The Kier molecular flexibility index (Phi) is 5.49. The van der Waals surface area contributed by atoms with E-state index in [0.717, 1.165) is 4.88 Å². The number of carbonyl (C=O) groups excluding carboxylic acids is 2. The molecule has 1 atom stereocenters. The van der Waals surface area contributed by atoms with E-state index in [1.807, 2.05) is 17.5 Å². The molecule has 0 aliphatic rings. The van der Waals surface area contributed by atoms with E-state index in [9.17, 15) is 9.59 Å². The van der Waals surface area contributed by atoms with Crippen molar-refractivity contribution in [2.75, 3.05) is 7.11 Å². The maximum atomic E-state index is 12.2. The normalized spacial score (nSPS) is 12.1. The van der Waals surface area contributed by atoms with Gasteiger partial charge in [-0.25, -0.2) is 4.79 Å². The average molecular weight is 316 g/mol. The predicted octanol–water partition coefficient (Wildman–Crippen LogP) is 3.58. The van der Waals surface area contributed by atoms with Gasteiger partial charge in [-0.1, -0.05) is 6.07 Å². The van der Waals surface area contributed by atoms with Crippen LogP contribution in [0.5, 0.6) is 5.75 Å². The third-order valence-electron chi connectivity index (χ3n) is 2.96. The number of benzene rings is 1. The van der Waals surface area contributed by atoms with Gasteiger partial charge in [-0.15, -0.1) is 11.3 Å². The van der Waals surface area contributed by atoms with Crippen molar-refractivity contribution in [3.63, 3.8) is 0 Å². The second-order valence-corrected chi connectivity index (χ2v) is 5.50. The number of Topliss-reactive ketones (excluding diaryl/α,β-unsaturated/α-hetero) is 1. The number of rotatable bonds is 6. The Morgan fingerprint density at radius 1 is 1.18 bits per heavy atom. The smallest absolute Gasteiger partial charge is 0.331 e. The molecular weight excluding hydrogens is 300 g/mol. The van der Waals surface area contributed by atoms with Crippen LogP contribution in [0.4, 0.5) is 0 Å². The molecule has 0 aliphatic carbocycles. The van der Waals surface area contributed by atoms with Gasteiger partial charge < -0.3 is 9.47 Å². The molecular formula is C17H16O4S. The third kappa shape index (κ3) is 4.30. The van der Waals surface area contributed by atoms with Gasteiger partial charge in [-0.2, -0.15) is 0 Å². The molecule has 2 rings (SSSR count). The van der Waals surface area contributed by atoms with Crippen LogP contribution in [0.25, 0.3) is 6.08 Å². The highest BCUT2D eigenvalue weighted by molar-refractivity contribution is 7.10. The van der Waals surface area contributed by atoms with Crippen LogP contribution in [0.15, 0.2) is 47.9 Å². The molecule has 4 nitrogen and oxygen atoms in total. The molecule has 1 aromatic carbocycles. The Morgan fingerprint density at radius 3 is 2.50 bits per heavy atom. The Balaban J connectivity index is 1.94. The van der Waals surface area contributed by atoms with Gasteiger partial charge in [0.15, 0.2) is 6.10 Å². The number of esters is 1. The highest BCUT2D eigenvalue weighted by Gasteiger charge is 2.18. The van der Waals surface area contributed by atoms with Crippen LogP contribution in [0.2, 0.25) is 0 Å². The van der Waals surface area contributed by atoms with Gasteiger partial charge in [-0.05, 0) is 48.7 Å². The van der Waals surface area contributed by atoms with Gasteiger partial charge >= 0.3 is 5.97 Å². The molecule has 0 aliphatic heterocycles.